The number of aryl methyl sites for hydroxylation is 2. The van der Waals surface area contributed by atoms with Crippen molar-refractivity contribution < 1.29 is 0 Å². The Labute approximate surface area is 249 Å². The highest BCUT2D eigenvalue weighted by atomic mass is 15.1. The maximum Gasteiger partial charge on any atom is 0.0490 e. The summed E-state index contributed by atoms with van der Waals surface area (Å²) in [6, 6.07) is 55.7. The van der Waals surface area contributed by atoms with Crippen molar-refractivity contribution in [1.82, 2.24) is 0 Å². The maximum absolute atomic E-state index is 2.33. The Morgan fingerprint density at radius 1 is 0.381 bits per heavy atom. The van der Waals surface area contributed by atoms with Crippen LogP contribution in [0.25, 0.3) is 12.2 Å². The van der Waals surface area contributed by atoms with E-state index >= 15 is 0 Å². The smallest absolute Gasteiger partial charge is 0.0490 e. The predicted octanol–water partition coefficient (Wildman–Crippen LogP) is 11.4. The van der Waals surface area contributed by atoms with Crippen LogP contribution >= 0.6 is 0 Å². The molecule has 0 aliphatic rings. The summed E-state index contributed by atoms with van der Waals surface area (Å²) in [4.78, 5) is 4.61. The van der Waals surface area contributed by atoms with Crippen molar-refractivity contribution in [3.8, 4) is 0 Å². The van der Waals surface area contributed by atoms with Crippen molar-refractivity contribution in [2.75, 3.05) is 9.80 Å². The molecule has 0 unspecified atom stereocenters. The van der Waals surface area contributed by atoms with Crippen molar-refractivity contribution in [2.45, 2.75) is 13.8 Å². The summed E-state index contributed by atoms with van der Waals surface area (Å²) in [6.07, 6.45) is 4.35. The molecule has 0 fully saturated rings. The second-order valence-corrected chi connectivity index (χ2v) is 10.5. The van der Waals surface area contributed by atoms with Crippen LogP contribution in [0.4, 0.5) is 34.1 Å². The van der Waals surface area contributed by atoms with E-state index in [1.807, 2.05) is 0 Å². The number of nitrogens with zero attached hydrogens (tertiary/aromatic N) is 2. The van der Waals surface area contributed by atoms with Crippen LogP contribution in [-0.2, 0) is 0 Å². The summed E-state index contributed by atoms with van der Waals surface area (Å²) < 4.78 is 0. The normalized spacial score (nSPS) is 11.0. The number of hydrogen-bond donors (Lipinski definition) is 0. The van der Waals surface area contributed by atoms with Crippen LogP contribution < -0.4 is 9.80 Å². The molecule has 0 aliphatic carbocycles. The summed E-state index contributed by atoms with van der Waals surface area (Å²) in [5.41, 5.74) is 11.7. The van der Waals surface area contributed by atoms with Crippen molar-refractivity contribution in [2.24, 2.45) is 0 Å². The molecule has 2 nitrogen and oxygen atoms in total. The highest BCUT2D eigenvalue weighted by Gasteiger charge is 2.14. The summed E-state index contributed by atoms with van der Waals surface area (Å²) >= 11 is 0. The van der Waals surface area contributed by atoms with Crippen LogP contribution in [0.3, 0.4) is 0 Å². The predicted molar refractivity (Wildman–Crippen MR) is 181 cm³/mol. The van der Waals surface area contributed by atoms with Crippen molar-refractivity contribution >= 4 is 46.3 Å². The summed E-state index contributed by atoms with van der Waals surface area (Å²) in [7, 11) is 0. The lowest BCUT2D eigenvalue weighted by molar-refractivity contribution is 1.24. The fourth-order valence-corrected chi connectivity index (χ4v) is 5.27. The largest absolute Gasteiger partial charge is 0.311 e. The average molecular weight is 543 g/mol. The fraction of sp³-hybridized carbons (Fsp3) is 0.0500. The zero-order chi connectivity index (χ0) is 28.7. The number of rotatable bonds is 8. The van der Waals surface area contributed by atoms with Gasteiger partial charge in [0.1, 0.15) is 0 Å². The van der Waals surface area contributed by atoms with Gasteiger partial charge in [0.15, 0.2) is 0 Å². The molecular weight excluding hydrogens is 508 g/mol. The van der Waals surface area contributed by atoms with Gasteiger partial charge in [-0.3, -0.25) is 0 Å². The molecule has 0 saturated carbocycles. The van der Waals surface area contributed by atoms with E-state index in [4.69, 9.17) is 0 Å². The number of para-hydroxylation sites is 3. The third kappa shape index (κ3) is 6.04. The molecule has 6 aromatic rings. The van der Waals surface area contributed by atoms with Gasteiger partial charge in [0.2, 0.25) is 0 Å². The van der Waals surface area contributed by atoms with Crippen molar-refractivity contribution in [3.05, 3.63) is 180 Å². The van der Waals surface area contributed by atoms with Crippen LogP contribution in [0.1, 0.15) is 22.3 Å². The highest BCUT2D eigenvalue weighted by Crippen LogP contribution is 2.37. The van der Waals surface area contributed by atoms with E-state index < -0.39 is 0 Å². The molecule has 0 spiro atoms. The van der Waals surface area contributed by atoms with Gasteiger partial charge in [-0.25, -0.2) is 0 Å². The Morgan fingerprint density at radius 3 is 1.36 bits per heavy atom. The van der Waals surface area contributed by atoms with Crippen LogP contribution in [-0.4, -0.2) is 0 Å². The second-order valence-electron chi connectivity index (χ2n) is 10.5. The lowest BCUT2D eigenvalue weighted by Gasteiger charge is -2.27. The lowest BCUT2D eigenvalue weighted by Crippen LogP contribution is -2.11. The minimum Gasteiger partial charge on any atom is -0.311 e. The van der Waals surface area contributed by atoms with Gasteiger partial charge in [0.05, 0.1) is 0 Å². The standard InChI is InChI=1S/C40H34N2/c1-31-12-11-18-39(30-31)42(40-19-10-9-13-32(40)2)38-28-24-34(25-29-38)21-20-33-22-26-37(27-23-33)41(35-14-5-3-6-15-35)36-16-7-4-8-17-36/h3-30H,1-2H3. The summed E-state index contributed by atoms with van der Waals surface area (Å²) in [5, 5.41) is 0. The van der Waals surface area contributed by atoms with Gasteiger partial charge >= 0.3 is 0 Å². The molecule has 42 heavy (non-hydrogen) atoms. The van der Waals surface area contributed by atoms with E-state index in [0.29, 0.717) is 0 Å². The van der Waals surface area contributed by atoms with Gasteiger partial charge in [-0.2, -0.15) is 0 Å². The zero-order valence-corrected chi connectivity index (χ0v) is 24.1. The first kappa shape index (κ1) is 26.9. The Hall–Kier alpha value is -5.34. The monoisotopic (exact) mass is 542 g/mol. The topological polar surface area (TPSA) is 6.48 Å². The van der Waals surface area contributed by atoms with Crippen LogP contribution in [0, 0.1) is 13.8 Å². The highest BCUT2D eigenvalue weighted by molar-refractivity contribution is 5.81. The zero-order valence-electron chi connectivity index (χ0n) is 24.1. The third-order valence-electron chi connectivity index (χ3n) is 7.42. The molecule has 6 aromatic carbocycles. The average Bonchev–Trinajstić information content (AvgIpc) is 3.04. The van der Waals surface area contributed by atoms with E-state index in [0.717, 1.165) is 39.6 Å². The second kappa shape index (κ2) is 12.4. The van der Waals surface area contributed by atoms with Crippen molar-refractivity contribution in [3.63, 3.8) is 0 Å². The van der Waals surface area contributed by atoms with Gasteiger partial charge in [0.25, 0.3) is 0 Å². The molecule has 0 amide bonds. The molecule has 0 atom stereocenters. The van der Waals surface area contributed by atoms with Gasteiger partial charge in [0, 0.05) is 34.1 Å². The van der Waals surface area contributed by atoms with Crippen LogP contribution in [0.15, 0.2) is 158 Å². The van der Waals surface area contributed by atoms with Gasteiger partial charge in [-0.1, -0.05) is 103 Å². The molecule has 0 bridgehead atoms. The quantitative estimate of drug-likeness (QED) is 0.176. The van der Waals surface area contributed by atoms with E-state index in [1.165, 1.54) is 16.8 Å². The van der Waals surface area contributed by atoms with Crippen LogP contribution in [0.5, 0.6) is 0 Å². The number of hydrogen-bond acceptors (Lipinski definition) is 2. The molecule has 0 radical (unpaired) electrons. The lowest BCUT2D eigenvalue weighted by atomic mass is 10.1. The molecule has 0 aromatic heterocycles. The minimum atomic E-state index is 1.13. The molecule has 0 saturated heterocycles. The Kier molecular flexibility index (Phi) is 7.96. The van der Waals surface area contributed by atoms with Crippen LogP contribution in [0.2, 0.25) is 0 Å². The first-order valence-electron chi connectivity index (χ1n) is 14.4. The minimum absolute atomic E-state index is 1.13. The first-order chi connectivity index (χ1) is 20.7. The van der Waals surface area contributed by atoms with E-state index in [9.17, 15) is 0 Å². The van der Waals surface area contributed by atoms with Gasteiger partial charge < -0.3 is 9.80 Å². The maximum atomic E-state index is 2.33. The Balaban J connectivity index is 1.24. The van der Waals surface area contributed by atoms with E-state index in [1.54, 1.807) is 0 Å². The van der Waals surface area contributed by atoms with Gasteiger partial charge in [-0.15, -0.1) is 0 Å². The Morgan fingerprint density at radius 2 is 0.833 bits per heavy atom. The van der Waals surface area contributed by atoms with Gasteiger partial charge in [-0.05, 0) is 103 Å². The van der Waals surface area contributed by atoms with E-state index in [2.05, 4.69) is 194 Å². The Bertz CT molecular complexity index is 1730. The molecule has 0 N–H and O–H groups in total. The molecule has 2 heteroatoms. The molecule has 204 valence electrons. The summed E-state index contributed by atoms with van der Waals surface area (Å²) in [6.45, 7) is 4.31. The number of anilines is 6. The first-order valence-corrected chi connectivity index (χ1v) is 14.4. The van der Waals surface area contributed by atoms with E-state index in [-0.39, 0.29) is 0 Å². The fourth-order valence-electron chi connectivity index (χ4n) is 5.27. The summed E-state index contributed by atoms with van der Waals surface area (Å²) in [5.74, 6) is 0. The SMILES string of the molecule is Cc1cccc(N(c2ccc(C=Cc3ccc(N(c4ccccc4)c4ccccc4)cc3)cc2)c2ccccc2C)c1. The molecular formula is C40H34N2. The van der Waals surface area contributed by atoms with Crippen molar-refractivity contribution in [1.29, 1.82) is 0 Å². The molecule has 0 heterocycles. The third-order valence-corrected chi connectivity index (χ3v) is 7.42. The molecule has 0 aliphatic heterocycles. The molecule has 6 rings (SSSR count). The number of benzene rings is 6.